The Labute approximate surface area is 194 Å². The molecule has 1 amide bonds. The van der Waals surface area contributed by atoms with E-state index in [1.165, 1.54) is 0 Å². The Balaban J connectivity index is 1.51. The molecule has 4 fully saturated rings. The number of hydrogen-bond donors (Lipinski definition) is 4. The number of hydrogen-bond acceptors (Lipinski definition) is 4. The van der Waals surface area contributed by atoms with Crippen molar-refractivity contribution in [3.05, 3.63) is 0 Å². The molecule has 0 saturated heterocycles. The van der Waals surface area contributed by atoms with Crippen LogP contribution in [-0.4, -0.2) is 46.1 Å². The molecule has 0 heterocycles. The maximum Gasteiger partial charge on any atom is 0.220 e. The summed E-state index contributed by atoms with van der Waals surface area (Å²) in [5.74, 6) is 2.22. The first-order valence-electron chi connectivity index (χ1n) is 13.4. The molecule has 11 atom stereocenters. The van der Waals surface area contributed by atoms with Gasteiger partial charge in [0.2, 0.25) is 5.91 Å². The molecule has 0 aromatic carbocycles. The monoisotopic (exact) mass is 449 g/mol. The largest absolute Gasteiger partial charge is 0.393 e. The van der Waals surface area contributed by atoms with Crippen LogP contribution in [0, 0.1) is 46.3 Å². The van der Waals surface area contributed by atoms with Crippen LogP contribution in [-0.2, 0) is 4.79 Å². The van der Waals surface area contributed by atoms with Gasteiger partial charge in [0.1, 0.15) is 0 Å². The first kappa shape index (κ1) is 24.5. The second kappa shape index (κ2) is 9.19. The zero-order valence-electron chi connectivity index (χ0n) is 20.7. The number of fused-ring (bicyclic) bond motifs is 5. The summed E-state index contributed by atoms with van der Waals surface area (Å²) in [7, 11) is 0. The van der Waals surface area contributed by atoms with Crippen molar-refractivity contribution in [1.29, 1.82) is 0 Å². The number of carbonyl (C=O) groups is 1. The molecule has 0 aromatic heterocycles. The minimum Gasteiger partial charge on any atom is -0.393 e. The van der Waals surface area contributed by atoms with E-state index >= 15 is 0 Å². The number of nitrogens with one attached hydrogen (secondary N) is 1. The van der Waals surface area contributed by atoms with Gasteiger partial charge in [-0.3, -0.25) is 4.79 Å². The molecular weight excluding hydrogens is 402 g/mol. The molecule has 4 aliphatic rings. The van der Waals surface area contributed by atoms with Crippen molar-refractivity contribution in [2.45, 2.75) is 110 Å². The molecule has 4 N–H and O–H groups in total. The highest BCUT2D eigenvalue weighted by atomic mass is 16.3. The Kier molecular flexibility index (Phi) is 7.03. The third-order valence-corrected chi connectivity index (χ3v) is 10.9. The van der Waals surface area contributed by atoms with E-state index in [0.717, 1.165) is 64.3 Å². The van der Waals surface area contributed by atoms with Crippen LogP contribution in [0.2, 0.25) is 0 Å². The molecule has 184 valence electrons. The Morgan fingerprint density at radius 3 is 2.53 bits per heavy atom. The van der Waals surface area contributed by atoms with Gasteiger partial charge in [-0.05, 0) is 104 Å². The van der Waals surface area contributed by atoms with Gasteiger partial charge in [-0.25, -0.2) is 0 Å². The summed E-state index contributed by atoms with van der Waals surface area (Å²) in [6, 6.07) is 0. The van der Waals surface area contributed by atoms with Gasteiger partial charge >= 0.3 is 0 Å². The van der Waals surface area contributed by atoms with Gasteiger partial charge in [-0.2, -0.15) is 0 Å². The fourth-order valence-electron chi connectivity index (χ4n) is 9.04. The van der Waals surface area contributed by atoms with Crippen LogP contribution in [0.4, 0.5) is 0 Å². The maximum atomic E-state index is 12.2. The van der Waals surface area contributed by atoms with Gasteiger partial charge in [0.05, 0.1) is 18.3 Å². The van der Waals surface area contributed by atoms with Crippen molar-refractivity contribution in [3.8, 4) is 0 Å². The molecule has 4 rings (SSSR count). The van der Waals surface area contributed by atoms with E-state index in [-0.39, 0.29) is 41.0 Å². The summed E-state index contributed by atoms with van der Waals surface area (Å²) < 4.78 is 0. The van der Waals surface area contributed by atoms with Crippen molar-refractivity contribution >= 4 is 5.91 Å². The SMILES string of the molecule is CCCNC(=O)CC[C@@H](C)[C@H]1CC[C@H]2[C@@H]3[C@H](O)C[C@@H]4C[C@H](O)CC[C@]4(C)[C@H]3C[C@H](O)[C@]12C. The van der Waals surface area contributed by atoms with E-state index in [9.17, 15) is 20.1 Å². The van der Waals surface area contributed by atoms with Crippen LogP contribution in [0.1, 0.15) is 91.9 Å². The lowest BCUT2D eigenvalue weighted by Crippen LogP contribution is -2.62. The Bertz CT molecular complexity index is 685. The lowest BCUT2D eigenvalue weighted by Gasteiger charge is -2.63. The van der Waals surface area contributed by atoms with E-state index < -0.39 is 0 Å². The molecule has 4 saturated carbocycles. The molecule has 0 aliphatic heterocycles. The second-order valence-corrected chi connectivity index (χ2v) is 12.4. The fraction of sp³-hybridized carbons (Fsp3) is 0.963. The molecule has 5 heteroatoms. The highest BCUT2D eigenvalue weighted by Gasteiger charge is 2.65. The van der Waals surface area contributed by atoms with E-state index in [1.807, 2.05) is 0 Å². The number of carbonyl (C=O) groups excluding carboxylic acids is 1. The molecule has 32 heavy (non-hydrogen) atoms. The number of rotatable bonds is 6. The van der Waals surface area contributed by atoms with Crippen LogP contribution in [0.3, 0.4) is 0 Å². The van der Waals surface area contributed by atoms with E-state index in [4.69, 9.17) is 0 Å². The number of aliphatic hydroxyl groups excluding tert-OH is 3. The normalized spacial score (nSPS) is 49.0. The summed E-state index contributed by atoms with van der Waals surface area (Å²) >= 11 is 0. The van der Waals surface area contributed by atoms with Gasteiger partial charge in [0, 0.05) is 13.0 Å². The molecular formula is C27H47NO4. The molecule has 5 nitrogen and oxygen atoms in total. The highest BCUT2D eigenvalue weighted by molar-refractivity contribution is 5.75. The summed E-state index contributed by atoms with van der Waals surface area (Å²) in [6.45, 7) is 9.74. The van der Waals surface area contributed by atoms with Crippen LogP contribution >= 0.6 is 0 Å². The van der Waals surface area contributed by atoms with Crippen LogP contribution < -0.4 is 5.32 Å². The molecule has 4 aliphatic carbocycles. The Morgan fingerprint density at radius 1 is 1.06 bits per heavy atom. The minimum absolute atomic E-state index is 0.118. The van der Waals surface area contributed by atoms with E-state index in [0.29, 0.717) is 36.0 Å². The average molecular weight is 450 g/mol. The van der Waals surface area contributed by atoms with Crippen molar-refractivity contribution in [3.63, 3.8) is 0 Å². The van der Waals surface area contributed by atoms with Crippen molar-refractivity contribution < 1.29 is 20.1 Å². The van der Waals surface area contributed by atoms with Gasteiger partial charge in [-0.15, -0.1) is 0 Å². The molecule has 0 aromatic rings. The summed E-state index contributed by atoms with van der Waals surface area (Å²) in [5.41, 5.74) is -0.0641. The first-order valence-corrected chi connectivity index (χ1v) is 13.4. The minimum atomic E-state index is -0.354. The predicted octanol–water partition coefficient (Wildman–Crippen LogP) is 3.89. The zero-order valence-corrected chi connectivity index (χ0v) is 20.7. The second-order valence-electron chi connectivity index (χ2n) is 12.4. The van der Waals surface area contributed by atoms with E-state index in [1.54, 1.807) is 0 Å². The highest BCUT2D eigenvalue weighted by Crippen LogP contribution is 2.68. The first-order chi connectivity index (χ1) is 15.1. The third kappa shape index (κ3) is 3.94. The molecule has 0 radical (unpaired) electrons. The summed E-state index contributed by atoms with van der Waals surface area (Å²) in [4.78, 5) is 12.2. The average Bonchev–Trinajstić information content (AvgIpc) is 3.11. The van der Waals surface area contributed by atoms with Gasteiger partial charge in [0.25, 0.3) is 0 Å². The van der Waals surface area contributed by atoms with Crippen molar-refractivity contribution in [2.75, 3.05) is 6.54 Å². The standard InChI is InChI=1S/C27H47NO4/c1-5-12-28-24(32)9-6-16(2)19-7-8-20-25-21(15-23(31)27(19,20)4)26(3)11-10-18(29)13-17(26)14-22(25)30/h16-23,25,29-31H,5-15H2,1-4H3,(H,28,32)/t16-,17+,18-,19-,20+,21+,22-,23+,25+,26+,27-/m1/s1. The zero-order chi connectivity index (χ0) is 23.3. The quantitative estimate of drug-likeness (QED) is 0.495. The third-order valence-electron chi connectivity index (χ3n) is 10.9. The van der Waals surface area contributed by atoms with Gasteiger partial charge in [-0.1, -0.05) is 27.7 Å². The summed E-state index contributed by atoms with van der Waals surface area (Å²) in [6.07, 6.45) is 7.87. The van der Waals surface area contributed by atoms with Crippen LogP contribution in [0.5, 0.6) is 0 Å². The lowest BCUT2D eigenvalue weighted by atomic mass is 9.43. The van der Waals surface area contributed by atoms with Crippen molar-refractivity contribution in [1.82, 2.24) is 5.32 Å². The van der Waals surface area contributed by atoms with E-state index in [2.05, 4.69) is 33.0 Å². The van der Waals surface area contributed by atoms with Crippen LogP contribution in [0.15, 0.2) is 0 Å². The maximum absolute atomic E-state index is 12.2. The lowest BCUT2D eigenvalue weighted by molar-refractivity contribution is -0.207. The smallest absolute Gasteiger partial charge is 0.220 e. The topological polar surface area (TPSA) is 89.8 Å². The molecule has 0 spiro atoms. The number of aliphatic hydroxyl groups is 3. The molecule has 0 bridgehead atoms. The van der Waals surface area contributed by atoms with Crippen LogP contribution in [0.25, 0.3) is 0 Å². The Hall–Kier alpha value is -0.650. The van der Waals surface area contributed by atoms with Crippen molar-refractivity contribution in [2.24, 2.45) is 46.3 Å². The van der Waals surface area contributed by atoms with Gasteiger partial charge < -0.3 is 20.6 Å². The Morgan fingerprint density at radius 2 is 1.81 bits per heavy atom. The predicted molar refractivity (Wildman–Crippen MR) is 126 cm³/mol. The number of amides is 1. The van der Waals surface area contributed by atoms with Gasteiger partial charge in [0.15, 0.2) is 0 Å². The summed E-state index contributed by atoms with van der Waals surface area (Å²) in [5, 5.41) is 36.2. The molecule has 0 unspecified atom stereocenters. The fourth-order valence-corrected chi connectivity index (χ4v) is 9.04.